The summed E-state index contributed by atoms with van der Waals surface area (Å²) in [5, 5.41) is 7.06. The van der Waals surface area contributed by atoms with Gasteiger partial charge >= 0.3 is 0 Å². The summed E-state index contributed by atoms with van der Waals surface area (Å²) in [7, 11) is 1.83. The number of aliphatic imine (C=N–C) groups is 1. The highest BCUT2D eigenvalue weighted by molar-refractivity contribution is 8.00. The molecule has 0 saturated carbocycles. The lowest BCUT2D eigenvalue weighted by Crippen LogP contribution is -2.48. The molecule has 1 heterocycles. The largest absolute Gasteiger partial charge is 0.493 e. The fourth-order valence-electron chi connectivity index (χ4n) is 3.27. The number of rotatable bonds is 9. The van der Waals surface area contributed by atoms with Gasteiger partial charge in [-0.1, -0.05) is 32.9 Å². The molecule has 0 aliphatic carbocycles. The van der Waals surface area contributed by atoms with Crippen LogP contribution in [-0.2, 0) is 4.74 Å². The van der Waals surface area contributed by atoms with Crippen LogP contribution in [0, 0.1) is 5.92 Å². The van der Waals surface area contributed by atoms with Crippen LogP contribution in [0.15, 0.2) is 29.3 Å². The molecular weight excluding hydrogens is 370 g/mol. The Kier molecular flexibility index (Phi) is 9.45. The third kappa shape index (κ3) is 7.21. The molecule has 1 aromatic rings. The number of hydrogen-bond acceptors (Lipinski definition) is 4. The van der Waals surface area contributed by atoms with Crippen LogP contribution in [0.1, 0.15) is 52.1 Å². The molecule has 0 bridgehead atoms. The van der Waals surface area contributed by atoms with E-state index in [2.05, 4.69) is 55.5 Å². The van der Waals surface area contributed by atoms with Gasteiger partial charge in [-0.25, -0.2) is 0 Å². The van der Waals surface area contributed by atoms with Crippen LogP contribution >= 0.6 is 11.8 Å². The van der Waals surface area contributed by atoms with E-state index in [1.807, 2.05) is 30.9 Å². The Morgan fingerprint density at radius 1 is 1.21 bits per heavy atom. The van der Waals surface area contributed by atoms with Crippen LogP contribution in [-0.4, -0.2) is 49.9 Å². The van der Waals surface area contributed by atoms with Crippen molar-refractivity contribution in [1.82, 2.24) is 10.6 Å². The van der Waals surface area contributed by atoms with Gasteiger partial charge in [0.25, 0.3) is 0 Å². The van der Waals surface area contributed by atoms with Crippen LogP contribution in [0.2, 0.25) is 0 Å². The molecule has 0 amide bonds. The molecule has 1 aliphatic rings. The standard InChI is InChI=1S/C22H37N3O2S/c1-6-28-22(11-13-26-14-12-22)16-24-21(23-5)25-18(4)19-7-9-20(10-8-19)27-15-17(2)3/h7-10,17-18H,6,11-16H2,1-5H3,(H2,23,24,25). The number of nitrogens with one attached hydrogen (secondary N) is 2. The maximum absolute atomic E-state index is 5.78. The van der Waals surface area contributed by atoms with Crippen LogP contribution in [0.3, 0.4) is 0 Å². The molecular formula is C22H37N3O2S. The van der Waals surface area contributed by atoms with E-state index < -0.39 is 0 Å². The normalized spacial score (nSPS) is 18.0. The quantitative estimate of drug-likeness (QED) is 0.473. The Morgan fingerprint density at radius 2 is 1.89 bits per heavy atom. The average Bonchev–Trinajstić information content (AvgIpc) is 2.70. The molecule has 1 atom stereocenters. The van der Waals surface area contributed by atoms with Gasteiger partial charge in [-0.2, -0.15) is 11.8 Å². The summed E-state index contributed by atoms with van der Waals surface area (Å²) < 4.78 is 11.6. The minimum absolute atomic E-state index is 0.162. The molecule has 2 rings (SSSR count). The fourth-order valence-corrected chi connectivity index (χ4v) is 4.51. The zero-order valence-electron chi connectivity index (χ0n) is 18.1. The number of hydrogen-bond donors (Lipinski definition) is 2. The summed E-state index contributed by atoms with van der Waals surface area (Å²) in [6.45, 7) is 12.0. The van der Waals surface area contributed by atoms with Gasteiger partial charge in [0.15, 0.2) is 5.96 Å². The second-order valence-corrected chi connectivity index (χ2v) is 9.53. The van der Waals surface area contributed by atoms with Crippen LogP contribution < -0.4 is 15.4 Å². The van der Waals surface area contributed by atoms with Crippen molar-refractivity contribution in [2.24, 2.45) is 10.9 Å². The molecule has 0 radical (unpaired) electrons. The third-order valence-corrected chi connectivity index (χ3v) is 6.43. The van der Waals surface area contributed by atoms with Crippen molar-refractivity contribution >= 4 is 17.7 Å². The molecule has 0 spiro atoms. The molecule has 1 unspecified atom stereocenters. The van der Waals surface area contributed by atoms with E-state index in [0.717, 1.165) is 56.7 Å². The lowest BCUT2D eigenvalue weighted by molar-refractivity contribution is 0.0782. The maximum Gasteiger partial charge on any atom is 0.191 e. The molecule has 1 aromatic carbocycles. The average molecular weight is 408 g/mol. The fraction of sp³-hybridized carbons (Fsp3) is 0.682. The van der Waals surface area contributed by atoms with Gasteiger partial charge in [0.05, 0.1) is 12.6 Å². The first kappa shape index (κ1) is 22.9. The molecule has 158 valence electrons. The van der Waals surface area contributed by atoms with Crippen molar-refractivity contribution in [2.45, 2.75) is 51.3 Å². The Balaban J connectivity index is 1.89. The summed E-state index contributed by atoms with van der Waals surface area (Å²) in [5.74, 6) is 3.41. The van der Waals surface area contributed by atoms with Gasteiger partial charge in [-0.05, 0) is 49.1 Å². The van der Waals surface area contributed by atoms with Gasteiger partial charge < -0.3 is 20.1 Å². The van der Waals surface area contributed by atoms with E-state index in [1.165, 1.54) is 5.56 Å². The van der Waals surface area contributed by atoms with Crippen molar-refractivity contribution in [3.05, 3.63) is 29.8 Å². The summed E-state index contributed by atoms with van der Waals surface area (Å²) >= 11 is 2.04. The van der Waals surface area contributed by atoms with Crippen molar-refractivity contribution < 1.29 is 9.47 Å². The van der Waals surface area contributed by atoms with Crippen molar-refractivity contribution in [2.75, 3.05) is 39.2 Å². The highest BCUT2D eigenvalue weighted by Gasteiger charge is 2.32. The van der Waals surface area contributed by atoms with E-state index in [1.54, 1.807) is 0 Å². The number of nitrogens with zero attached hydrogens (tertiary/aromatic N) is 1. The van der Waals surface area contributed by atoms with Crippen LogP contribution in [0.4, 0.5) is 0 Å². The number of ether oxygens (including phenoxy) is 2. The smallest absolute Gasteiger partial charge is 0.191 e. The minimum atomic E-state index is 0.162. The van der Waals surface area contributed by atoms with Crippen molar-refractivity contribution in [1.29, 1.82) is 0 Å². The first-order chi connectivity index (χ1) is 13.5. The SMILES string of the molecule is CCSC1(CNC(=NC)NC(C)c2ccc(OCC(C)C)cc2)CCOCC1. The third-order valence-electron chi connectivity index (χ3n) is 4.97. The molecule has 1 fully saturated rings. The molecule has 6 heteroatoms. The van der Waals surface area contributed by atoms with Crippen LogP contribution in [0.25, 0.3) is 0 Å². The Morgan fingerprint density at radius 3 is 2.46 bits per heavy atom. The first-order valence-electron chi connectivity index (χ1n) is 10.4. The van der Waals surface area contributed by atoms with E-state index in [0.29, 0.717) is 5.92 Å². The molecule has 28 heavy (non-hydrogen) atoms. The summed E-state index contributed by atoms with van der Waals surface area (Å²) in [4.78, 5) is 4.42. The predicted molar refractivity (Wildman–Crippen MR) is 121 cm³/mol. The topological polar surface area (TPSA) is 54.9 Å². The molecule has 2 N–H and O–H groups in total. The molecule has 0 aromatic heterocycles. The lowest BCUT2D eigenvalue weighted by Gasteiger charge is -2.37. The van der Waals surface area contributed by atoms with E-state index in [4.69, 9.17) is 9.47 Å². The monoisotopic (exact) mass is 407 g/mol. The first-order valence-corrected chi connectivity index (χ1v) is 11.4. The van der Waals surface area contributed by atoms with E-state index in [9.17, 15) is 0 Å². The second kappa shape index (κ2) is 11.6. The van der Waals surface area contributed by atoms with Gasteiger partial charge in [-0.3, -0.25) is 4.99 Å². The zero-order valence-corrected chi connectivity index (χ0v) is 18.9. The van der Waals surface area contributed by atoms with Crippen molar-refractivity contribution in [3.63, 3.8) is 0 Å². The van der Waals surface area contributed by atoms with Gasteiger partial charge in [0, 0.05) is 31.6 Å². The van der Waals surface area contributed by atoms with Gasteiger partial charge in [0.2, 0.25) is 0 Å². The lowest BCUT2D eigenvalue weighted by atomic mass is 9.99. The Bertz CT molecular complexity index is 593. The number of benzene rings is 1. The number of thioether (sulfide) groups is 1. The second-order valence-electron chi connectivity index (χ2n) is 7.79. The minimum Gasteiger partial charge on any atom is -0.493 e. The molecule has 1 saturated heterocycles. The Labute approximate surface area is 175 Å². The van der Waals surface area contributed by atoms with Gasteiger partial charge in [-0.15, -0.1) is 0 Å². The van der Waals surface area contributed by atoms with E-state index >= 15 is 0 Å². The van der Waals surface area contributed by atoms with E-state index in [-0.39, 0.29) is 10.8 Å². The maximum atomic E-state index is 5.78. The summed E-state index contributed by atoms with van der Waals surface area (Å²) in [6, 6.07) is 8.48. The zero-order chi connectivity index (χ0) is 20.4. The molecule has 1 aliphatic heterocycles. The summed E-state index contributed by atoms with van der Waals surface area (Å²) in [6.07, 6.45) is 2.17. The number of guanidine groups is 1. The molecule has 5 nitrogen and oxygen atoms in total. The predicted octanol–water partition coefficient (Wildman–Crippen LogP) is 4.25. The highest BCUT2D eigenvalue weighted by Crippen LogP contribution is 2.34. The van der Waals surface area contributed by atoms with Gasteiger partial charge in [0.1, 0.15) is 5.75 Å². The highest BCUT2D eigenvalue weighted by atomic mass is 32.2. The Hall–Kier alpha value is -1.40. The van der Waals surface area contributed by atoms with Crippen molar-refractivity contribution in [3.8, 4) is 5.75 Å². The van der Waals surface area contributed by atoms with Crippen LogP contribution in [0.5, 0.6) is 5.75 Å². The summed E-state index contributed by atoms with van der Waals surface area (Å²) in [5.41, 5.74) is 1.21.